The Labute approximate surface area is 95.6 Å². The Morgan fingerprint density at radius 3 is 1.80 bits per heavy atom. The Bertz CT molecular complexity index is 202. The Balaban J connectivity index is 3.98. The Morgan fingerprint density at radius 2 is 1.47 bits per heavy atom. The number of hydrogen-bond acceptors (Lipinski definition) is 1. The molecule has 0 aromatic carbocycles. The van der Waals surface area contributed by atoms with Crippen molar-refractivity contribution in [2.24, 2.45) is 16.7 Å². The standard InChI is InChI=1S/C14H28O/c1-11(9-13(2,3)4)8-12(15)10-14(5,6)7/h11H,8-10H2,1-7H3. The van der Waals surface area contributed by atoms with Crippen molar-refractivity contribution in [1.29, 1.82) is 0 Å². The minimum absolute atomic E-state index is 0.137. The van der Waals surface area contributed by atoms with Crippen molar-refractivity contribution in [2.75, 3.05) is 0 Å². The van der Waals surface area contributed by atoms with Gasteiger partial charge in [-0.2, -0.15) is 0 Å². The van der Waals surface area contributed by atoms with E-state index in [-0.39, 0.29) is 5.41 Å². The van der Waals surface area contributed by atoms with Crippen molar-refractivity contribution in [3.8, 4) is 0 Å². The number of hydrogen-bond donors (Lipinski definition) is 0. The van der Waals surface area contributed by atoms with Crippen LogP contribution >= 0.6 is 0 Å². The number of Topliss-reactive ketones (excluding diaryl/α,β-unsaturated/α-hetero) is 1. The van der Waals surface area contributed by atoms with E-state index in [0.717, 1.165) is 12.8 Å². The maximum Gasteiger partial charge on any atom is 0.133 e. The molecular formula is C14H28O. The van der Waals surface area contributed by atoms with Gasteiger partial charge in [0.25, 0.3) is 0 Å². The molecule has 1 nitrogen and oxygen atoms in total. The normalized spacial score (nSPS) is 15.1. The summed E-state index contributed by atoms with van der Waals surface area (Å²) in [6.45, 7) is 15.3. The van der Waals surface area contributed by atoms with Crippen molar-refractivity contribution >= 4 is 5.78 Å². The van der Waals surface area contributed by atoms with Gasteiger partial charge >= 0.3 is 0 Å². The molecule has 1 atom stereocenters. The Hall–Kier alpha value is -0.330. The molecule has 0 aromatic heterocycles. The van der Waals surface area contributed by atoms with E-state index in [1.165, 1.54) is 0 Å². The second-order valence-electron chi connectivity index (χ2n) is 7.35. The highest BCUT2D eigenvalue weighted by atomic mass is 16.1. The highest BCUT2D eigenvalue weighted by Gasteiger charge is 2.20. The number of carbonyl (C=O) groups excluding carboxylic acids is 1. The van der Waals surface area contributed by atoms with E-state index in [1.54, 1.807) is 0 Å². The summed E-state index contributed by atoms with van der Waals surface area (Å²) in [5.74, 6) is 0.930. The smallest absolute Gasteiger partial charge is 0.133 e. The first-order valence-corrected chi connectivity index (χ1v) is 6.01. The molecule has 0 saturated heterocycles. The first-order valence-electron chi connectivity index (χ1n) is 6.01. The summed E-state index contributed by atoms with van der Waals surface area (Å²) in [6.07, 6.45) is 2.58. The highest BCUT2D eigenvalue weighted by molar-refractivity contribution is 5.79. The predicted octanol–water partition coefficient (Wildman–Crippen LogP) is 4.45. The van der Waals surface area contributed by atoms with Crippen LogP contribution in [0, 0.1) is 16.7 Å². The average Bonchev–Trinajstić information content (AvgIpc) is 1.73. The van der Waals surface area contributed by atoms with Crippen molar-refractivity contribution in [3.63, 3.8) is 0 Å². The van der Waals surface area contributed by atoms with Crippen molar-refractivity contribution in [3.05, 3.63) is 0 Å². The maximum absolute atomic E-state index is 11.8. The van der Waals surface area contributed by atoms with Crippen LogP contribution in [0.15, 0.2) is 0 Å². The fraction of sp³-hybridized carbons (Fsp3) is 0.929. The lowest BCUT2D eigenvalue weighted by molar-refractivity contribution is -0.121. The second kappa shape index (κ2) is 5.14. The van der Waals surface area contributed by atoms with Crippen LogP contribution in [0.5, 0.6) is 0 Å². The van der Waals surface area contributed by atoms with Crippen molar-refractivity contribution in [2.45, 2.75) is 67.7 Å². The van der Waals surface area contributed by atoms with Gasteiger partial charge in [-0.1, -0.05) is 48.5 Å². The zero-order valence-electron chi connectivity index (χ0n) is 11.6. The van der Waals surface area contributed by atoms with Gasteiger partial charge in [-0.15, -0.1) is 0 Å². The minimum Gasteiger partial charge on any atom is -0.300 e. The van der Waals surface area contributed by atoms with Crippen LogP contribution in [0.3, 0.4) is 0 Å². The fourth-order valence-electron chi connectivity index (χ4n) is 2.17. The van der Waals surface area contributed by atoms with E-state index < -0.39 is 0 Å². The Morgan fingerprint density at radius 1 is 1.00 bits per heavy atom. The largest absolute Gasteiger partial charge is 0.300 e. The summed E-state index contributed by atoms with van der Waals surface area (Å²) < 4.78 is 0. The van der Waals surface area contributed by atoms with E-state index in [9.17, 15) is 4.79 Å². The summed E-state index contributed by atoms with van der Waals surface area (Å²) in [5.41, 5.74) is 0.472. The molecule has 90 valence electrons. The molecular weight excluding hydrogens is 184 g/mol. The van der Waals surface area contributed by atoms with Crippen LogP contribution in [0.4, 0.5) is 0 Å². The van der Waals surface area contributed by atoms with Gasteiger partial charge in [0.2, 0.25) is 0 Å². The number of carbonyl (C=O) groups is 1. The monoisotopic (exact) mass is 212 g/mol. The van der Waals surface area contributed by atoms with Gasteiger partial charge in [0.15, 0.2) is 0 Å². The van der Waals surface area contributed by atoms with E-state index in [2.05, 4.69) is 48.5 Å². The summed E-state index contributed by atoms with van der Waals surface area (Å²) in [4.78, 5) is 11.8. The predicted molar refractivity (Wildman–Crippen MR) is 66.9 cm³/mol. The summed E-state index contributed by atoms with van der Waals surface area (Å²) in [5, 5.41) is 0. The van der Waals surface area contributed by atoms with Crippen LogP contribution in [-0.4, -0.2) is 5.78 Å². The zero-order chi connectivity index (χ0) is 12.3. The van der Waals surface area contributed by atoms with E-state index in [1.807, 2.05) is 0 Å². The third-order valence-corrected chi connectivity index (χ3v) is 2.26. The van der Waals surface area contributed by atoms with E-state index in [0.29, 0.717) is 23.5 Å². The fourth-order valence-corrected chi connectivity index (χ4v) is 2.17. The van der Waals surface area contributed by atoms with Gasteiger partial charge in [-0.05, 0) is 23.2 Å². The molecule has 0 aliphatic rings. The third kappa shape index (κ3) is 9.96. The number of rotatable bonds is 4. The highest BCUT2D eigenvalue weighted by Crippen LogP contribution is 2.28. The van der Waals surface area contributed by atoms with E-state index in [4.69, 9.17) is 0 Å². The summed E-state index contributed by atoms with van der Waals surface area (Å²) in [7, 11) is 0. The second-order valence-corrected chi connectivity index (χ2v) is 7.35. The number of ketones is 1. The lowest BCUT2D eigenvalue weighted by Gasteiger charge is -2.24. The van der Waals surface area contributed by atoms with Gasteiger partial charge < -0.3 is 0 Å². The third-order valence-electron chi connectivity index (χ3n) is 2.26. The molecule has 0 N–H and O–H groups in total. The van der Waals surface area contributed by atoms with Crippen LogP contribution in [0.2, 0.25) is 0 Å². The lowest BCUT2D eigenvalue weighted by atomic mass is 9.81. The molecule has 0 rings (SSSR count). The first kappa shape index (κ1) is 14.7. The Kier molecular flexibility index (Phi) is 5.02. The molecule has 1 unspecified atom stereocenters. The van der Waals surface area contributed by atoms with Crippen LogP contribution in [0.1, 0.15) is 67.7 Å². The molecule has 0 amide bonds. The summed E-state index contributed by atoms with van der Waals surface area (Å²) in [6, 6.07) is 0. The zero-order valence-corrected chi connectivity index (χ0v) is 11.6. The van der Waals surface area contributed by atoms with Crippen LogP contribution in [0.25, 0.3) is 0 Å². The topological polar surface area (TPSA) is 17.1 Å². The SMILES string of the molecule is CC(CC(=O)CC(C)(C)C)CC(C)(C)C. The van der Waals surface area contributed by atoms with Crippen molar-refractivity contribution < 1.29 is 4.79 Å². The first-order chi connectivity index (χ1) is 6.49. The van der Waals surface area contributed by atoms with Gasteiger partial charge in [-0.25, -0.2) is 0 Å². The van der Waals surface area contributed by atoms with E-state index >= 15 is 0 Å². The van der Waals surface area contributed by atoms with Gasteiger partial charge in [-0.3, -0.25) is 4.79 Å². The van der Waals surface area contributed by atoms with Gasteiger partial charge in [0.1, 0.15) is 5.78 Å². The maximum atomic E-state index is 11.8. The molecule has 0 aromatic rings. The molecule has 0 saturated carbocycles. The summed E-state index contributed by atoms with van der Waals surface area (Å²) >= 11 is 0. The molecule has 0 aliphatic heterocycles. The molecule has 0 spiro atoms. The lowest BCUT2D eigenvalue weighted by Crippen LogP contribution is -2.18. The molecule has 0 fully saturated rings. The molecule has 0 bridgehead atoms. The molecule has 15 heavy (non-hydrogen) atoms. The molecule has 0 aliphatic carbocycles. The van der Waals surface area contributed by atoms with Crippen molar-refractivity contribution in [1.82, 2.24) is 0 Å². The van der Waals surface area contributed by atoms with Gasteiger partial charge in [0, 0.05) is 12.8 Å². The average molecular weight is 212 g/mol. The van der Waals surface area contributed by atoms with Crippen LogP contribution < -0.4 is 0 Å². The molecule has 0 heterocycles. The van der Waals surface area contributed by atoms with Crippen LogP contribution in [-0.2, 0) is 4.79 Å². The van der Waals surface area contributed by atoms with Gasteiger partial charge in [0.05, 0.1) is 0 Å². The molecule has 0 radical (unpaired) electrons. The molecule has 1 heteroatoms. The quantitative estimate of drug-likeness (QED) is 0.672. The minimum atomic E-state index is 0.137.